The van der Waals surface area contributed by atoms with Gasteiger partial charge in [-0.25, -0.2) is 18.4 Å². The molecule has 0 saturated carbocycles. The van der Waals surface area contributed by atoms with Gasteiger partial charge in [0.15, 0.2) is 0 Å². The molecule has 0 aliphatic carbocycles. The average Bonchev–Trinajstić information content (AvgIpc) is 2.89. The van der Waals surface area contributed by atoms with Crippen LogP contribution in [0.25, 0.3) is 6.08 Å². The Hall–Kier alpha value is -2.25. The molecule has 6 nitrogen and oxygen atoms in total. The minimum absolute atomic E-state index is 0.430. The molecule has 1 saturated heterocycles. The zero-order chi connectivity index (χ0) is 16.8. The van der Waals surface area contributed by atoms with E-state index in [1.54, 1.807) is 24.5 Å². The van der Waals surface area contributed by atoms with Crippen LogP contribution in [0.4, 0.5) is 5.95 Å². The summed E-state index contributed by atoms with van der Waals surface area (Å²) in [6.45, 7) is 2.27. The van der Waals surface area contributed by atoms with Crippen LogP contribution in [0.1, 0.15) is 12.0 Å². The van der Waals surface area contributed by atoms with Gasteiger partial charge in [0.25, 0.3) is 0 Å². The highest BCUT2D eigenvalue weighted by atomic mass is 32.2. The van der Waals surface area contributed by atoms with Crippen molar-refractivity contribution in [3.05, 3.63) is 59.8 Å². The Kier molecular flexibility index (Phi) is 5.22. The number of benzene rings is 1. The summed E-state index contributed by atoms with van der Waals surface area (Å²) in [6.07, 6.45) is 5.78. The fraction of sp³-hybridized carbons (Fsp3) is 0.294. The molecule has 1 aromatic carbocycles. The van der Waals surface area contributed by atoms with E-state index in [-0.39, 0.29) is 0 Å². The van der Waals surface area contributed by atoms with Crippen LogP contribution in [-0.4, -0.2) is 48.9 Å². The van der Waals surface area contributed by atoms with Crippen LogP contribution in [0.15, 0.2) is 54.2 Å². The Balaban J connectivity index is 1.68. The lowest BCUT2D eigenvalue weighted by Crippen LogP contribution is -2.34. The number of sulfonamides is 1. The number of aromatic nitrogens is 2. The van der Waals surface area contributed by atoms with Crippen LogP contribution in [0.5, 0.6) is 0 Å². The van der Waals surface area contributed by atoms with Crippen LogP contribution in [0.3, 0.4) is 0 Å². The first-order valence-corrected chi connectivity index (χ1v) is 9.41. The largest absolute Gasteiger partial charge is 0.339 e. The first-order chi connectivity index (χ1) is 11.6. The molecule has 0 N–H and O–H groups in total. The van der Waals surface area contributed by atoms with Gasteiger partial charge in [0.2, 0.25) is 16.0 Å². The highest BCUT2D eigenvalue weighted by Crippen LogP contribution is 2.14. The number of hydrogen-bond acceptors (Lipinski definition) is 5. The second kappa shape index (κ2) is 7.55. The Morgan fingerprint density at radius 3 is 2.42 bits per heavy atom. The van der Waals surface area contributed by atoms with E-state index < -0.39 is 10.0 Å². The standard InChI is InChI=1S/C17H20N4O2S/c22-24(23,15-8-16-6-2-1-3-7-16)21-12-5-11-20(13-14-21)17-18-9-4-10-19-17/h1-4,6-10,15H,5,11-14H2/b15-8+. The molecule has 2 aromatic rings. The number of nitrogens with zero attached hydrogens (tertiary/aromatic N) is 4. The van der Waals surface area contributed by atoms with Crippen LogP contribution < -0.4 is 4.90 Å². The Morgan fingerprint density at radius 2 is 1.67 bits per heavy atom. The van der Waals surface area contributed by atoms with Gasteiger partial charge in [-0.05, 0) is 24.1 Å². The van der Waals surface area contributed by atoms with Gasteiger partial charge >= 0.3 is 0 Å². The van der Waals surface area contributed by atoms with Crippen molar-refractivity contribution < 1.29 is 8.42 Å². The molecule has 126 valence electrons. The lowest BCUT2D eigenvalue weighted by atomic mass is 10.2. The van der Waals surface area contributed by atoms with Gasteiger partial charge in [-0.1, -0.05) is 30.3 Å². The third-order valence-electron chi connectivity index (χ3n) is 3.88. The monoisotopic (exact) mass is 344 g/mol. The van der Waals surface area contributed by atoms with Crippen molar-refractivity contribution in [2.75, 3.05) is 31.1 Å². The van der Waals surface area contributed by atoms with Gasteiger partial charge in [-0.3, -0.25) is 0 Å². The van der Waals surface area contributed by atoms with Gasteiger partial charge in [-0.2, -0.15) is 4.31 Å². The summed E-state index contributed by atoms with van der Waals surface area (Å²) in [5.74, 6) is 0.650. The molecule has 7 heteroatoms. The molecule has 0 radical (unpaired) electrons. The van der Waals surface area contributed by atoms with E-state index in [4.69, 9.17) is 0 Å². The quantitative estimate of drug-likeness (QED) is 0.848. The summed E-state index contributed by atoms with van der Waals surface area (Å²) in [4.78, 5) is 10.5. The van der Waals surface area contributed by atoms with Crippen LogP contribution in [-0.2, 0) is 10.0 Å². The van der Waals surface area contributed by atoms with Crippen molar-refractivity contribution >= 4 is 22.0 Å². The molecular formula is C17H20N4O2S. The summed E-state index contributed by atoms with van der Waals surface area (Å²) in [5.41, 5.74) is 0.871. The Morgan fingerprint density at radius 1 is 0.917 bits per heavy atom. The second-order valence-electron chi connectivity index (χ2n) is 5.55. The lowest BCUT2D eigenvalue weighted by molar-refractivity contribution is 0.440. The van der Waals surface area contributed by atoms with E-state index in [9.17, 15) is 8.42 Å². The summed E-state index contributed by atoms with van der Waals surface area (Å²) in [6, 6.07) is 11.2. The Labute approximate surface area is 142 Å². The smallest absolute Gasteiger partial charge is 0.236 e. The SMILES string of the molecule is O=S(=O)(/C=C/c1ccccc1)N1CCCN(c2ncccn2)CC1. The highest BCUT2D eigenvalue weighted by molar-refractivity contribution is 7.92. The van der Waals surface area contributed by atoms with Gasteiger partial charge in [0.05, 0.1) is 0 Å². The average molecular weight is 344 g/mol. The normalized spacial score (nSPS) is 17.1. The van der Waals surface area contributed by atoms with Crippen molar-refractivity contribution in [1.82, 2.24) is 14.3 Å². The molecule has 2 heterocycles. The molecule has 0 amide bonds. The van der Waals surface area contributed by atoms with Gasteiger partial charge in [-0.15, -0.1) is 0 Å². The van der Waals surface area contributed by atoms with E-state index in [0.29, 0.717) is 25.6 Å². The van der Waals surface area contributed by atoms with Crippen LogP contribution in [0.2, 0.25) is 0 Å². The van der Waals surface area contributed by atoms with Gasteiger partial charge < -0.3 is 4.90 Å². The van der Waals surface area contributed by atoms with E-state index in [0.717, 1.165) is 18.5 Å². The third-order valence-corrected chi connectivity index (χ3v) is 5.45. The summed E-state index contributed by atoms with van der Waals surface area (Å²) in [5, 5.41) is 1.29. The molecule has 0 unspecified atom stereocenters. The molecule has 1 aromatic heterocycles. The minimum atomic E-state index is -3.43. The highest BCUT2D eigenvalue weighted by Gasteiger charge is 2.23. The number of rotatable bonds is 4. The van der Waals surface area contributed by atoms with E-state index in [1.807, 2.05) is 35.2 Å². The zero-order valence-electron chi connectivity index (χ0n) is 13.3. The lowest BCUT2D eigenvalue weighted by Gasteiger charge is -2.20. The van der Waals surface area contributed by atoms with Crippen LogP contribution >= 0.6 is 0 Å². The maximum atomic E-state index is 12.5. The second-order valence-corrected chi connectivity index (χ2v) is 7.37. The van der Waals surface area contributed by atoms with Crippen molar-refractivity contribution in [3.63, 3.8) is 0 Å². The van der Waals surface area contributed by atoms with Crippen molar-refractivity contribution in [1.29, 1.82) is 0 Å². The molecule has 24 heavy (non-hydrogen) atoms. The summed E-state index contributed by atoms with van der Waals surface area (Å²) < 4.78 is 26.6. The van der Waals surface area contributed by atoms with E-state index in [1.165, 1.54) is 9.71 Å². The molecule has 0 atom stereocenters. The topological polar surface area (TPSA) is 66.4 Å². The fourth-order valence-corrected chi connectivity index (χ4v) is 3.84. The van der Waals surface area contributed by atoms with Gasteiger partial charge in [0, 0.05) is 44.0 Å². The van der Waals surface area contributed by atoms with Crippen LogP contribution in [0, 0.1) is 0 Å². The summed E-state index contributed by atoms with van der Waals surface area (Å²) in [7, 11) is -3.43. The molecule has 1 fully saturated rings. The minimum Gasteiger partial charge on any atom is -0.339 e. The number of hydrogen-bond donors (Lipinski definition) is 0. The molecular weight excluding hydrogens is 324 g/mol. The van der Waals surface area contributed by atoms with Crippen molar-refractivity contribution in [2.45, 2.75) is 6.42 Å². The predicted octanol–water partition coefficient (Wildman–Crippen LogP) is 1.99. The molecule has 1 aliphatic rings. The number of anilines is 1. The maximum absolute atomic E-state index is 12.5. The van der Waals surface area contributed by atoms with Crippen molar-refractivity contribution in [3.8, 4) is 0 Å². The molecule has 3 rings (SSSR count). The third kappa shape index (κ3) is 4.18. The molecule has 0 bridgehead atoms. The van der Waals surface area contributed by atoms with Crippen molar-refractivity contribution in [2.24, 2.45) is 0 Å². The predicted molar refractivity (Wildman–Crippen MR) is 94.8 cm³/mol. The fourth-order valence-electron chi connectivity index (χ4n) is 2.62. The van der Waals surface area contributed by atoms with E-state index in [2.05, 4.69) is 9.97 Å². The molecule has 0 spiro atoms. The van der Waals surface area contributed by atoms with Gasteiger partial charge in [0.1, 0.15) is 0 Å². The first-order valence-electron chi connectivity index (χ1n) is 7.90. The maximum Gasteiger partial charge on any atom is 0.236 e. The molecule has 1 aliphatic heterocycles. The zero-order valence-corrected chi connectivity index (χ0v) is 14.1. The Bertz CT molecular complexity index is 779. The van der Waals surface area contributed by atoms with E-state index >= 15 is 0 Å². The first kappa shape index (κ1) is 16.6. The summed E-state index contributed by atoms with van der Waals surface area (Å²) >= 11 is 0.